The van der Waals surface area contributed by atoms with E-state index in [-0.39, 0.29) is 0 Å². The van der Waals surface area contributed by atoms with E-state index in [1.54, 1.807) is 0 Å². The topological polar surface area (TPSA) is 92.5 Å². The second-order valence-electron chi connectivity index (χ2n) is 3.62. The van der Waals surface area contributed by atoms with Gasteiger partial charge in [-0.05, 0) is 18.6 Å². The summed E-state index contributed by atoms with van der Waals surface area (Å²) in [6, 6.07) is 6.30. The van der Waals surface area contributed by atoms with Gasteiger partial charge in [-0.25, -0.2) is 0 Å². The van der Waals surface area contributed by atoms with Crippen LogP contribution in [0.3, 0.4) is 0 Å². The summed E-state index contributed by atoms with van der Waals surface area (Å²) in [5, 5.41) is 16.5. The summed E-state index contributed by atoms with van der Waals surface area (Å²) in [4.78, 5) is 4.31. The van der Waals surface area contributed by atoms with Crippen molar-refractivity contribution in [1.82, 2.24) is 25.6 Å². The van der Waals surface area contributed by atoms with E-state index in [1.807, 2.05) is 25.1 Å². The minimum Gasteiger partial charge on any atom is -0.423 e. The molecule has 0 radical (unpaired) electrons. The lowest BCUT2D eigenvalue weighted by molar-refractivity contribution is 0.610. The average Bonchev–Trinajstić information content (AvgIpc) is 2.95. The van der Waals surface area contributed by atoms with Crippen LogP contribution in [0.1, 0.15) is 11.4 Å². The first-order valence-electron chi connectivity index (χ1n) is 5.15. The minimum atomic E-state index is 0.419. The van der Waals surface area contributed by atoms with Crippen molar-refractivity contribution in [1.29, 1.82) is 0 Å². The molecule has 0 fully saturated rings. The Labute approximate surface area is 96.2 Å². The van der Waals surface area contributed by atoms with Gasteiger partial charge in [0.05, 0.1) is 6.54 Å². The molecule has 0 bridgehead atoms. The highest BCUT2D eigenvalue weighted by Gasteiger charge is 2.07. The van der Waals surface area contributed by atoms with Gasteiger partial charge in [0.1, 0.15) is 5.52 Å². The number of hydrogen-bond acceptors (Lipinski definition) is 6. The molecule has 1 aromatic carbocycles. The first-order valence-corrected chi connectivity index (χ1v) is 5.15. The Kier molecular flexibility index (Phi) is 2.21. The van der Waals surface area contributed by atoms with Crippen LogP contribution in [0.4, 0.5) is 6.01 Å². The zero-order chi connectivity index (χ0) is 11.7. The number of tetrazole rings is 1. The van der Waals surface area contributed by atoms with Gasteiger partial charge in [0.15, 0.2) is 11.4 Å². The van der Waals surface area contributed by atoms with Gasteiger partial charge in [-0.3, -0.25) is 0 Å². The molecular formula is C10H10N6O. The van der Waals surface area contributed by atoms with Crippen molar-refractivity contribution in [3.63, 3.8) is 0 Å². The maximum Gasteiger partial charge on any atom is 0.296 e. The number of fused-ring (bicyclic) bond motifs is 1. The molecule has 0 aliphatic heterocycles. The number of anilines is 1. The maximum atomic E-state index is 5.59. The van der Waals surface area contributed by atoms with E-state index < -0.39 is 0 Å². The molecule has 0 saturated carbocycles. The number of aromatic nitrogens is 5. The average molecular weight is 230 g/mol. The van der Waals surface area contributed by atoms with E-state index in [0.29, 0.717) is 18.4 Å². The molecule has 3 aromatic rings. The van der Waals surface area contributed by atoms with E-state index in [4.69, 9.17) is 4.42 Å². The molecule has 0 aliphatic rings. The molecule has 7 heteroatoms. The summed E-state index contributed by atoms with van der Waals surface area (Å²) in [5.74, 6) is 0.559. The molecule has 2 heterocycles. The lowest BCUT2D eigenvalue weighted by atomic mass is 10.2. The summed E-state index contributed by atoms with van der Waals surface area (Å²) in [7, 11) is 0. The molecule has 3 rings (SSSR count). The van der Waals surface area contributed by atoms with Gasteiger partial charge in [-0.15, -0.1) is 10.2 Å². The quantitative estimate of drug-likeness (QED) is 0.703. The summed E-state index contributed by atoms with van der Waals surface area (Å²) in [5.41, 5.74) is 2.69. The third kappa shape index (κ3) is 1.82. The molecule has 17 heavy (non-hydrogen) atoms. The Hall–Kier alpha value is -2.44. The molecule has 0 unspecified atom stereocenters. The number of nitrogens with zero attached hydrogens (tertiary/aromatic N) is 4. The van der Waals surface area contributed by atoms with Gasteiger partial charge in [-0.2, -0.15) is 10.2 Å². The highest BCUT2D eigenvalue weighted by Crippen LogP contribution is 2.21. The fourth-order valence-electron chi connectivity index (χ4n) is 1.57. The fraction of sp³-hybridized carbons (Fsp3) is 0.200. The van der Waals surface area contributed by atoms with Crippen LogP contribution in [0.15, 0.2) is 22.6 Å². The number of para-hydroxylation sites is 1. The molecule has 2 aromatic heterocycles. The first-order chi connectivity index (χ1) is 8.33. The second kappa shape index (κ2) is 3.85. The standard InChI is InChI=1S/C10H10N6O/c1-6-3-2-4-7-9(6)17-10(12-7)11-5-8-13-15-16-14-8/h2-4H,5H2,1H3,(H,11,12)(H,13,14,15,16). The molecule has 0 amide bonds. The van der Waals surface area contributed by atoms with Gasteiger partial charge in [0.2, 0.25) is 0 Å². The van der Waals surface area contributed by atoms with E-state index in [0.717, 1.165) is 16.7 Å². The SMILES string of the molecule is Cc1cccc2nc(NCc3nn[nH]n3)oc12. The first kappa shape index (κ1) is 9.76. The Morgan fingerprint density at radius 2 is 2.35 bits per heavy atom. The van der Waals surface area contributed by atoms with Gasteiger partial charge >= 0.3 is 0 Å². The summed E-state index contributed by atoms with van der Waals surface area (Å²) < 4.78 is 5.59. The van der Waals surface area contributed by atoms with Crippen molar-refractivity contribution in [2.24, 2.45) is 0 Å². The van der Waals surface area contributed by atoms with Gasteiger partial charge < -0.3 is 9.73 Å². The Morgan fingerprint density at radius 1 is 1.41 bits per heavy atom. The van der Waals surface area contributed by atoms with E-state index in [1.165, 1.54) is 0 Å². The maximum absolute atomic E-state index is 5.59. The molecule has 86 valence electrons. The number of benzene rings is 1. The number of nitrogens with one attached hydrogen (secondary N) is 2. The lowest BCUT2D eigenvalue weighted by Crippen LogP contribution is -2.01. The summed E-state index contributed by atoms with van der Waals surface area (Å²) in [6.07, 6.45) is 0. The normalized spacial score (nSPS) is 10.9. The Balaban J connectivity index is 1.84. The minimum absolute atomic E-state index is 0.419. The van der Waals surface area contributed by atoms with Crippen molar-refractivity contribution >= 4 is 17.1 Å². The molecule has 0 atom stereocenters. The molecule has 0 saturated heterocycles. The molecule has 2 N–H and O–H groups in total. The van der Waals surface area contributed by atoms with Crippen LogP contribution in [-0.2, 0) is 6.54 Å². The van der Waals surface area contributed by atoms with Crippen molar-refractivity contribution in [3.8, 4) is 0 Å². The Morgan fingerprint density at radius 3 is 3.12 bits per heavy atom. The van der Waals surface area contributed by atoms with Gasteiger partial charge in [-0.1, -0.05) is 17.3 Å². The number of aromatic amines is 1. The Bertz CT molecular complexity index is 629. The van der Waals surface area contributed by atoms with Gasteiger partial charge in [0.25, 0.3) is 6.01 Å². The monoisotopic (exact) mass is 230 g/mol. The number of hydrogen-bond donors (Lipinski definition) is 2. The van der Waals surface area contributed by atoms with E-state index in [9.17, 15) is 0 Å². The molecule has 0 aliphatic carbocycles. The van der Waals surface area contributed by atoms with Gasteiger partial charge in [0, 0.05) is 0 Å². The predicted octanol–water partition coefficient (Wildman–Crippen LogP) is 1.26. The number of oxazole rings is 1. The fourth-order valence-corrected chi connectivity index (χ4v) is 1.57. The summed E-state index contributed by atoms with van der Waals surface area (Å²) in [6.45, 7) is 2.40. The molecule has 7 nitrogen and oxygen atoms in total. The van der Waals surface area contributed by atoms with Crippen LogP contribution in [0, 0.1) is 6.92 Å². The highest BCUT2D eigenvalue weighted by atomic mass is 16.4. The summed E-state index contributed by atoms with van der Waals surface area (Å²) >= 11 is 0. The van der Waals surface area contributed by atoms with Crippen LogP contribution in [0.25, 0.3) is 11.1 Å². The van der Waals surface area contributed by atoms with Crippen molar-refractivity contribution < 1.29 is 4.42 Å². The van der Waals surface area contributed by atoms with Crippen LogP contribution in [0.2, 0.25) is 0 Å². The molecule has 0 spiro atoms. The van der Waals surface area contributed by atoms with E-state index >= 15 is 0 Å². The zero-order valence-electron chi connectivity index (χ0n) is 9.14. The second-order valence-corrected chi connectivity index (χ2v) is 3.62. The number of H-pyrrole nitrogens is 1. The number of aryl methyl sites for hydroxylation is 1. The third-order valence-corrected chi connectivity index (χ3v) is 2.40. The lowest BCUT2D eigenvalue weighted by Gasteiger charge is -1.95. The van der Waals surface area contributed by atoms with E-state index in [2.05, 4.69) is 30.9 Å². The predicted molar refractivity (Wildman–Crippen MR) is 60.3 cm³/mol. The highest BCUT2D eigenvalue weighted by molar-refractivity contribution is 5.77. The number of rotatable bonds is 3. The van der Waals surface area contributed by atoms with Crippen LogP contribution in [0.5, 0.6) is 0 Å². The van der Waals surface area contributed by atoms with Crippen LogP contribution >= 0.6 is 0 Å². The van der Waals surface area contributed by atoms with Crippen LogP contribution in [-0.4, -0.2) is 25.6 Å². The van der Waals surface area contributed by atoms with Crippen molar-refractivity contribution in [3.05, 3.63) is 29.6 Å². The van der Waals surface area contributed by atoms with Crippen LogP contribution < -0.4 is 5.32 Å². The molecular weight excluding hydrogens is 220 g/mol. The smallest absolute Gasteiger partial charge is 0.296 e. The van der Waals surface area contributed by atoms with Crippen molar-refractivity contribution in [2.75, 3.05) is 5.32 Å². The third-order valence-electron chi connectivity index (χ3n) is 2.40. The zero-order valence-corrected chi connectivity index (χ0v) is 9.14. The van der Waals surface area contributed by atoms with Crippen molar-refractivity contribution in [2.45, 2.75) is 13.5 Å². The largest absolute Gasteiger partial charge is 0.423 e.